The molecule has 1 N–H and O–H groups in total. The fourth-order valence-corrected chi connectivity index (χ4v) is 2.54. The molecule has 0 radical (unpaired) electrons. The summed E-state index contributed by atoms with van der Waals surface area (Å²) in [5, 5.41) is 4.23. The normalized spacial score (nSPS) is 10.4. The fourth-order valence-electron chi connectivity index (χ4n) is 2.09. The van der Waals surface area contributed by atoms with Gasteiger partial charge in [0.2, 0.25) is 0 Å². The number of pyridine rings is 1. The number of halogens is 2. The van der Waals surface area contributed by atoms with Crippen molar-refractivity contribution in [1.82, 2.24) is 9.88 Å². The predicted molar refractivity (Wildman–Crippen MR) is 95.9 cm³/mol. The number of anilines is 2. The number of nitrogens with one attached hydrogen (secondary N) is 1. The molecule has 0 aliphatic heterocycles. The molecule has 0 saturated heterocycles. The van der Waals surface area contributed by atoms with Gasteiger partial charge in [-0.1, -0.05) is 36.5 Å². The monoisotopic (exact) mass is 351 g/mol. The van der Waals surface area contributed by atoms with Crippen molar-refractivity contribution in [2.24, 2.45) is 0 Å². The van der Waals surface area contributed by atoms with Gasteiger partial charge in [0.25, 0.3) is 5.91 Å². The summed E-state index contributed by atoms with van der Waals surface area (Å²) in [6.45, 7) is 2.83. The number of benzene rings is 1. The van der Waals surface area contributed by atoms with E-state index in [1.807, 2.05) is 0 Å². The Morgan fingerprint density at radius 2 is 2.04 bits per heavy atom. The first-order valence-corrected chi connectivity index (χ1v) is 8.19. The second-order valence-electron chi connectivity index (χ2n) is 5.29. The molecule has 4 nitrogen and oxygen atoms in total. The number of rotatable bonds is 6. The highest BCUT2D eigenvalue weighted by Crippen LogP contribution is 2.28. The van der Waals surface area contributed by atoms with E-state index >= 15 is 0 Å². The van der Waals surface area contributed by atoms with Crippen LogP contribution in [0.5, 0.6) is 0 Å². The van der Waals surface area contributed by atoms with Crippen LogP contribution in [0.1, 0.15) is 30.1 Å². The van der Waals surface area contributed by atoms with Crippen molar-refractivity contribution in [3.8, 4) is 0 Å². The Morgan fingerprint density at radius 3 is 2.74 bits per heavy atom. The summed E-state index contributed by atoms with van der Waals surface area (Å²) >= 11 is 12.0. The second kappa shape index (κ2) is 8.18. The van der Waals surface area contributed by atoms with Crippen LogP contribution in [-0.4, -0.2) is 29.4 Å². The summed E-state index contributed by atoms with van der Waals surface area (Å²) in [5.41, 5.74) is 1.95. The van der Waals surface area contributed by atoms with Crippen LogP contribution in [0.3, 0.4) is 0 Å². The maximum Gasteiger partial charge on any atom is 0.255 e. The summed E-state index contributed by atoms with van der Waals surface area (Å²) in [6.07, 6.45) is 5.24. The number of amides is 1. The molecule has 0 unspecified atom stereocenters. The summed E-state index contributed by atoms with van der Waals surface area (Å²) < 4.78 is 0. The Balaban J connectivity index is 2.14. The summed E-state index contributed by atoms with van der Waals surface area (Å²) in [4.78, 5) is 18.2. The zero-order valence-electron chi connectivity index (χ0n) is 13.1. The lowest BCUT2D eigenvalue weighted by Crippen LogP contribution is -2.27. The van der Waals surface area contributed by atoms with E-state index in [0.717, 1.165) is 19.4 Å². The third-order valence-electron chi connectivity index (χ3n) is 3.39. The lowest BCUT2D eigenvalue weighted by Gasteiger charge is -2.17. The molecule has 0 fully saturated rings. The molecule has 1 amide bonds. The molecule has 0 aliphatic carbocycles. The first kappa shape index (κ1) is 17.6. The molecule has 0 spiro atoms. The Kier molecular flexibility index (Phi) is 6.25. The minimum atomic E-state index is -0.0446. The molecule has 2 aromatic rings. The highest BCUT2D eigenvalue weighted by molar-refractivity contribution is 6.36. The Hall–Kier alpha value is -1.78. The van der Waals surface area contributed by atoms with Gasteiger partial charge < -0.3 is 10.2 Å². The molecular weight excluding hydrogens is 333 g/mol. The fraction of sp³-hybridized carbons (Fsp3) is 0.294. The Labute approximate surface area is 146 Å². The summed E-state index contributed by atoms with van der Waals surface area (Å²) in [6, 6.07) is 6.96. The lowest BCUT2D eigenvalue weighted by molar-refractivity contribution is 0.0793. The Morgan fingerprint density at radius 1 is 1.26 bits per heavy atom. The van der Waals surface area contributed by atoms with Crippen molar-refractivity contribution < 1.29 is 4.79 Å². The highest BCUT2D eigenvalue weighted by Gasteiger charge is 2.12. The van der Waals surface area contributed by atoms with E-state index in [4.69, 9.17) is 23.2 Å². The van der Waals surface area contributed by atoms with Gasteiger partial charge in [0.1, 0.15) is 0 Å². The van der Waals surface area contributed by atoms with Gasteiger partial charge in [-0.2, -0.15) is 0 Å². The van der Waals surface area contributed by atoms with E-state index in [1.54, 1.807) is 48.6 Å². The second-order valence-corrected chi connectivity index (χ2v) is 6.14. The van der Waals surface area contributed by atoms with Crippen LogP contribution in [0.25, 0.3) is 0 Å². The number of hydrogen-bond donors (Lipinski definition) is 1. The van der Waals surface area contributed by atoms with Gasteiger partial charge in [0, 0.05) is 24.8 Å². The number of nitrogens with zero attached hydrogens (tertiary/aromatic N) is 2. The van der Waals surface area contributed by atoms with Gasteiger partial charge in [0.05, 0.1) is 28.2 Å². The average molecular weight is 352 g/mol. The van der Waals surface area contributed by atoms with Crippen molar-refractivity contribution in [2.75, 3.05) is 18.9 Å². The van der Waals surface area contributed by atoms with Crippen LogP contribution in [0.15, 0.2) is 36.7 Å². The SMILES string of the molecule is CCCCN(C)C(=O)c1cncc(Nc2ccc(Cl)cc2Cl)c1. The summed E-state index contributed by atoms with van der Waals surface area (Å²) in [5.74, 6) is -0.0446. The van der Waals surface area contributed by atoms with Crippen LogP contribution in [0.2, 0.25) is 10.0 Å². The molecule has 1 aromatic heterocycles. The van der Waals surface area contributed by atoms with Crippen molar-refractivity contribution >= 4 is 40.5 Å². The maximum atomic E-state index is 12.4. The third-order valence-corrected chi connectivity index (χ3v) is 3.94. The van der Waals surface area contributed by atoms with E-state index in [-0.39, 0.29) is 5.91 Å². The van der Waals surface area contributed by atoms with E-state index in [2.05, 4.69) is 17.2 Å². The number of aromatic nitrogens is 1. The molecule has 0 atom stereocenters. The van der Waals surface area contributed by atoms with Crippen LogP contribution in [-0.2, 0) is 0 Å². The molecule has 23 heavy (non-hydrogen) atoms. The van der Waals surface area contributed by atoms with E-state index < -0.39 is 0 Å². The first-order valence-electron chi connectivity index (χ1n) is 7.44. The zero-order chi connectivity index (χ0) is 16.8. The van der Waals surface area contributed by atoms with E-state index in [1.165, 1.54) is 0 Å². The number of hydrogen-bond acceptors (Lipinski definition) is 3. The molecule has 0 bridgehead atoms. The van der Waals surface area contributed by atoms with Crippen molar-refractivity contribution in [2.45, 2.75) is 19.8 Å². The van der Waals surface area contributed by atoms with E-state index in [0.29, 0.717) is 27.0 Å². The largest absolute Gasteiger partial charge is 0.353 e. The molecule has 6 heteroatoms. The molecule has 0 saturated carbocycles. The quantitative estimate of drug-likeness (QED) is 0.795. The maximum absolute atomic E-state index is 12.4. The molecule has 0 aliphatic rings. The van der Waals surface area contributed by atoms with Crippen LogP contribution in [0, 0.1) is 0 Å². The zero-order valence-corrected chi connectivity index (χ0v) is 14.7. The van der Waals surface area contributed by atoms with Gasteiger partial charge in [-0.15, -0.1) is 0 Å². The molecule has 1 aromatic carbocycles. The van der Waals surface area contributed by atoms with Crippen molar-refractivity contribution in [1.29, 1.82) is 0 Å². The highest BCUT2D eigenvalue weighted by atomic mass is 35.5. The van der Waals surface area contributed by atoms with Gasteiger partial charge >= 0.3 is 0 Å². The molecular formula is C17H19Cl2N3O. The van der Waals surface area contributed by atoms with Gasteiger partial charge in [-0.3, -0.25) is 9.78 Å². The van der Waals surface area contributed by atoms with Crippen LogP contribution < -0.4 is 5.32 Å². The molecule has 122 valence electrons. The van der Waals surface area contributed by atoms with Gasteiger partial charge in [-0.05, 0) is 30.7 Å². The molecule has 1 heterocycles. The van der Waals surface area contributed by atoms with Crippen molar-refractivity contribution in [3.63, 3.8) is 0 Å². The minimum absolute atomic E-state index is 0.0446. The number of unbranched alkanes of at least 4 members (excludes halogenated alkanes) is 1. The first-order chi connectivity index (χ1) is 11.0. The van der Waals surface area contributed by atoms with Crippen molar-refractivity contribution in [3.05, 3.63) is 52.3 Å². The third kappa shape index (κ3) is 4.85. The van der Waals surface area contributed by atoms with Gasteiger partial charge in [-0.25, -0.2) is 0 Å². The standard InChI is InChI=1S/C17H19Cl2N3O/c1-3-4-7-22(2)17(23)12-8-14(11-20-10-12)21-16-6-5-13(18)9-15(16)19/h5-6,8-11,21H,3-4,7H2,1-2H3. The predicted octanol–water partition coefficient (Wildman–Crippen LogP) is 5.00. The number of carbonyl (C=O) groups excluding carboxylic acids is 1. The smallest absolute Gasteiger partial charge is 0.255 e. The number of carbonyl (C=O) groups is 1. The topological polar surface area (TPSA) is 45.2 Å². The van der Waals surface area contributed by atoms with Crippen LogP contribution >= 0.6 is 23.2 Å². The minimum Gasteiger partial charge on any atom is -0.353 e. The summed E-state index contributed by atoms with van der Waals surface area (Å²) in [7, 11) is 1.80. The lowest BCUT2D eigenvalue weighted by atomic mass is 10.2. The Bertz CT molecular complexity index is 691. The van der Waals surface area contributed by atoms with Gasteiger partial charge in [0.15, 0.2) is 0 Å². The average Bonchev–Trinajstić information content (AvgIpc) is 2.55. The van der Waals surface area contributed by atoms with E-state index in [9.17, 15) is 4.79 Å². The molecule has 2 rings (SSSR count). The van der Waals surface area contributed by atoms with Crippen LogP contribution in [0.4, 0.5) is 11.4 Å².